The van der Waals surface area contributed by atoms with E-state index in [2.05, 4.69) is 29.4 Å². The maximum atomic E-state index is 11.9. The van der Waals surface area contributed by atoms with Gasteiger partial charge in [0, 0.05) is 25.3 Å². The van der Waals surface area contributed by atoms with Crippen molar-refractivity contribution in [3.05, 3.63) is 29.3 Å². The van der Waals surface area contributed by atoms with Crippen molar-refractivity contribution in [3.63, 3.8) is 0 Å². The predicted molar refractivity (Wildman–Crippen MR) is 115 cm³/mol. The van der Waals surface area contributed by atoms with Gasteiger partial charge in [-0.1, -0.05) is 19.9 Å². The molecule has 1 heterocycles. The van der Waals surface area contributed by atoms with Gasteiger partial charge < -0.3 is 20.3 Å². The highest BCUT2D eigenvalue weighted by atomic mass is 32.1. The summed E-state index contributed by atoms with van der Waals surface area (Å²) >= 11 is 5.41. The summed E-state index contributed by atoms with van der Waals surface area (Å²) in [5, 5.41) is 7.05. The van der Waals surface area contributed by atoms with Gasteiger partial charge in [-0.3, -0.25) is 0 Å². The third-order valence-corrected chi connectivity index (χ3v) is 5.12. The molecule has 1 saturated heterocycles. The molecule has 1 aliphatic rings. The number of likely N-dealkylation sites (tertiary alicyclic amines) is 1. The van der Waals surface area contributed by atoms with Gasteiger partial charge in [-0.05, 0) is 75.0 Å². The van der Waals surface area contributed by atoms with Crippen LogP contribution in [0.2, 0.25) is 0 Å². The van der Waals surface area contributed by atoms with Crippen LogP contribution in [-0.4, -0.2) is 48.8 Å². The number of rotatable bonds is 7. The molecule has 2 N–H and O–H groups in total. The van der Waals surface area contributed by atoms with Crippen LogP contribution in [0.3, 0.4) is 0 Å². The maximum absolute atomic E-state index is 11.9. The molecule has 1 aliphatic heterocycles. The zero-order valence-corrected chi connectivity index (χ0v) is 17.8. The molecule has 0 saturated carbocycles. The lowest BCUT2D eigenvalue weighted by molar-refractivity contribution is 0.0526. The van der Waals surface area contributed by atoms with E-state index in [9.17, 15) is 4.79 Å². The van der Waals surface area contributed by atoms with Gasteiger partial charge in [-0.25, -0.2) is 4.79 Å². The van der Waals surface area contributed by atoms with Crippen molar-refractivity contribution in [2.45, 2.75) is 40.5 Å². The number of nitrogens with zero attached hydrogens (tertiary/aromatic N) is 1. The molecule has 1 aromatic carbocycles. The lowest BCUT2D eigenvalue weighted by atomic mass is 9.92. The van der Waals surface area contributed by atoms with E-state index in [4.69, 9.17) is 17.0 Å². The smallest absolute Gasteiger partial charge is 0.338 e. The van der Waals surface area contributed by atoms with E-state index in [1.165, 1.54) is 19.5 Å². The third-order valence-electron chi connectivity index (χ3n) is 4.88. The normalized spacial score (nSPS) is 20.1. The molecule has 0 aromatic heterocycles. The highest BCUT2D eigenvalue weighted by molar-refractivity contribution is 7.80. The van der Waals surface area contributed by atoms with Crippen LogP contribution in [0, 0.1) is 18.8 Å². The van der Waals surface area contributed by atoms with Crippen LogP contribution >= 0.6 is 12.2 Å². The molecular weight excluding hydrogens is 358 g/mol. The lowest BCUT2D eigenvalue weighted by Gasteiger charge is -2.35. The number of aryl methyl sites for hydroxylation is 1. The van der Waals surface area contributed by atoms with Crippen LogP contribution in [0.5, 0.6) is 0 Å². The molecule has 6 heteroatoms. The monoisotopic (exact) mass is 391 g/mol. The number of carbonyl (C=O) groups is 1. The molecule has 150 valence electrons. The van der Waals surface area contributed by atoms with Crippen LogP contribution in [0.1, 0.15) is 49.5 Å². The number of anilines is 1. The summed E-state index contributed by atoms with van der Waals surface area (Å²) < 4.78 is 5.06. The number of benzene rings is 1. The van der Waals surface area contributed by atoms with Gasteiger partial charge in [-0.2, -0.15) is 0 Å². The van der Waals surface area contributed by atoms with Crippen molar-refractivity contribution in [3.8, 4) is 0 Å². The number of carbonyl (C=O) groups excluding carboxylic acids is 1. The first-order valence-electron chi connectivity index (χ1n) is 9.94. The van der Waals surface area contributed by atoms with Crippen molar-refractivity contribution < 1.29 is 9.53 Å². The van der Waals surface area contributed by atoms with Crippen LogP contribution < -0.4 is 10.6 Å². The van der Waals surface area contributed by atoms with Gasteiger partial charge in [0.1, 0.15) is 0 Å². The molecule has 0 spiro atoms. The van der Waals surface area contributed by atoms with Crippen molar-refractivity contribution >= 4 is 29.0 Å². The Morgan fingerprint density at radius 1 is 1.30 bits per heavy atom. The minimum atomic E-state index is -0.315. The van der Waals surface area contributed by atoms with E-state index >= 15 is 0 Å². The van der Waals surface area contributed by atoms with E-state index in [1.54, 1.807) is 19.1 Å². The van der Waals surface area contributed by atoms with Gasteiger partial charge in [0.05, 0.1) is 12.2 Å². The number of hydrogen-bond donors (Lipinski definition) is 2. The van der Waals surface area contributed by atoms with Gasteiger partial charge >= 0.3 is 5.97 Å². The molecule has 5 nitrogen and oxygen atoms in total. The largest absolute Gasteiger partial charge is 0.462 e. The standard InChI is InChI=1S/C21H33N3O2S/c1-5-26-20(25)18-8-7-17(4)19(12-18)23-21(27)22-9-6-10-24-13-15(2)11-16(3)14-24/h7-8,12,15-16H,5-6,9-11,13-14H2,1-4H3,(H2,22,23,27)/t15-,16-/m0/s1. The second-order valence-electron chi connectivity index (χ2n) is 7.69. The molecule has 0 aliphatic carbocycles. The minimum Gasteiger partial charge on any atom is -0.462 e. The Kier molecular flexibility index (Phi) is 8.51. The van der Waals surface area contributed by atoms with Crippen molar-refractivity contribution in [2.75, 3.05) is 38.1 Å². The first-order valence-corrected chi connectivity index (χ1v) is 10.3. The summed E-state index contributed by atoms with van der Waals surface area (Å²) in [6.07, 6.45) is 2.40. The first kappa shape index (κ1) is 21.6. The van der Waals surface area contributed by atoms with Crippen LogP contribution in [0.15, 0.2) is 18.2 Å². The molecule has 2 rings (SSSR count). The van der Waals surface area contributed by atoms with E-state index in [0.29, 0.717) is 17.3 Å². The lowest BCUT2D eigenvalue weighted by Crippen LogP contribution is -2.40. The summed E-state index contributed by atoms with van der Waals surface area (Å²) in [5.74, 6) is 1.27. The zero-order valence-electron chi connectivity index (χ0n) is 17.0. The average Bonchev–Trinajstić information content (AvgIpc) is 2.60. The fraction of sp³-hybridized carbons (Fsp3) is 0.619. The highest BCUT2D eigenvalue weighted by Crippen LogP contribution is 2.21. The Balaban J connectivity index is 1.77. The topological polar surface area (TPSA) is 53.6 Å². The van der Waals surface area contributed by atoms with E-state index in [0.717, 1.165) is 42.6 Å². The maximum Gasteiger partial charge on any atom is 0.338 e. The SMILES string of the molecule is CCOC(=O)c1ccc(C)c(NC(=S)NCCCN2C[C@@H](C)C[C@H](C)C2)c1. The van der Waals surface area contributed by atoms with Crippen LogP contribution in [0.4, 0.5) is 5.69 Å². The van der Waals surface area contributed by atoms with E-state index in [1.807, 2.05) is 13.0 Å². The summed E-state index contributed by atoms with van der Waals surface area (Å²) in [6.45, 7) is 13.2. The molecule has 0 amide bonds. The average molecular weight is 392 g/mol. The predicted octanol–water partition coefficient (Wildman–Crippen LogP) is 3.83. The first-order chi connectivity index (χ1) is 12.9. The van der Waals surface area contributed by atoms with Gasteiger partial charge in [0.2, 0.25) is 0 Å². The molecule has 2 atom stereocenters. The molecule has 0 unspecified atom stereocenters. The molecule has 0 bridgehead atoms. The number of thiocarbonyl (C=S) groups is 1. The Morgan fingerprint density at radius 2 is 2.00 bits per heavy atom. The second kappa shape index (κ2) is 10.6. The number of piperidine rings is 1. The minimum absolute atomic E-state index is 0.315. The molecule has 27 heavy (non-hydrogen) atoms. The summed E-state index contributed by atoms with van der Waals surface area (Å²) in [7, 11) is 0. The number of ether oxygens (including phenoxy) is 1. The second-order valence-corrected chi connectivity index (χ2v) is 8.10. The Labute approximate surface area is 168 Å². The van der Waals surface area contributed by atoms with Crippen molar-refractivity contribution in [2.24, 2.45) is 11.8 Å². The Hall–Kier alpha value is -1.66. The number of esters is 1. The van der Waals surface area contributed by atoms with Gasteiger partial charge in [0.25, 0.3) is 0 Å². The number of nitrogens with one attached hydrogen (secondary N) is 2. The van der Waals surface area contributed by atoms with Crippen molar-refractivity contribution in [1.82, 2.24) is 10.2 Å². The summed E-state index contributed by atoms with van der Waals surface area (Å²) in [5.41, 5.74) is 2.39. The fourth-order valence-corrected chi connectivity index (χ4v) is 3.96. The molecule has 1 fully saturated rings. The molecule has 0 radical (unpaired) electrons. The summed E-state index contributed by atoms with van der Waals surface area (Å²) in [6, 6.07) is 5.46. The number of hydrogen-bond acceptors (Lipinski definition) is 4. The quantitative estimate of drug-likeness (QED) is 0.419. The molecular formula is C21H33N3O2S. The van der Waals surface area contributed by atoms with E-state index < -0.39 is 0 Å². The Morgan fingerprint density at radius 3 is 2.67 bits per heavy atom. The zero-order chi connectivity index (χ0) is 19.8. The highest BCUT2D eigenvalue weighted by Gasteiger charge is 2.21. The van der Waals surface area contributed by atoms with Crippen LogP contribution in [-0.2, 0) is 4.74 Å². The van der Waals surface area contributed by atoms with Crippen LogP contribution in [0.25, 0.3) is 0 Å². The molecule has 1 aromatic rings. The van der Waals surface area contributed by atoms with E-state index in [-0.39, 0.29) is 5.97 Å². The van der Waals surface area contributed by atoms with Crippen molar-refractivity contribution in [1.29, 1.82) is 0 Å². The summed E-state index contributed by atoms with van der Waals surface area (Å²) in [4.78, 5) is 14.5. The fourth-order valence-electron chi connectivity index (χ4n) is 3.74. The van der Waals surface area contributed by atoms with Gasteiger partial charge in [0.15, 0.2) is 5.11 Å². The Bertz CT molecular complexity index is 640. The van der Waals surface area contributed by atoms with Gasteiger partial charge in [-0.15, -0.1) is 0 Å². The third kappa shape index (κ3) is 7.11.